The van der Waals surface area contributed by atoms with Crippen LogP contribution in [0.2, 0.25) is 0 Å². The van der Waals surface area contributed by atoms with Crippen LogP contribution in [0.25, 0.3) is 0 Å². The quantitative estimate of drug-likeness (QED) is 0.880. The van der Waals surface area contributed by atoms with E-state index in [1.54, 1.807) is 11.8 Å². The van der Waals surface area contributed by atoms with E-state index in [0.717, 1.165) is 30.7 Å². The molecule has 0 saturated heterocycles. The number of benzene rings is 2. The molecule has 0 bridgehead atoms. The van der Waals surface area contributed by atoms with E-state index in [0.29, 0.717) is 6.10 Å². The van der Waals surface area contributed by atoms with E-state index in [2.05, 4.69) is 17.4 Å². The monoisotopic (exact) mass is 339 g/mol. The fourth-order valence-electron chi connectivity index (χ4n) is 3.37. The minimum atomic E-state index is -0.0446. The number of amides is 1. The summed E-state index contributed by atoms with van der Waals surface area (Å²) < 4.78 is 5.96. The Balaban J connectivity index is 1.34. The highest BCUT2D eigenvalue weighted by Gasteiger charge is 2.28. The van der Waals surface area contributed by atoms with Gasteiger partial charge in [-0.15, -0.1) is 11.8 Å². The molecule has 4 heteroatoms. The lowest BCUT2D eigenvalue weighted by molar-refractivity contribution is -0.115. The predicted octanol–water partition coefficient (Wildman–Crippen LogP) is 4.66. The van der Waals surface area contributed by atoms with Crippen molar-refractivity contribution in [2.24, 2.45) is 0 Å². The molecule has 0 spiro atoms. The van der Waals surface area contributed by atoms with E-state index >= 15 is 0 Å². The molecule has 1 amide bonds. The van der Waals surface area contributed by atoms with Crippen molar-refractivity contribution < 1.29 is 9.53 Å². The first-order chi connectivity index (χ1) is 11.8. The number of nitrogens with one attached hydrogen (secondary N) is 1. The maximum Gasteiger partial charge on any atom is 0.238 e. The second-order valence-corrected chi connectivity index (χ2v) is 7.70. The number of carbonyl (C=O) groups excluding carboxylic acids is 1. The molecule has 24 heavy (non-hydrogen) atoms. The van der Waals surface area contributed by atoms with Crippen LogP contribution in [0, 0.1) is 0 Å². The number of hydrogen-bond acceptors (Lipinski definition) is 3. The lowest BCUT2D eigenvalue weighted by Gasteiger charge is -2.14. The summed E-state index contributed by atoms with van der Waals surface area (Å²) in [6.45, 7) is 0. The van der Waals surface area contributed by atoms with Gasteiger partial charge in [0.1, 0.15) is 5.75 Å². The maximum absolute atomic E-state index is 12.5. The molecule has 1 aliphatic heterocycles. The Morgan fingerprint density at radius 2 is 1.79 bits per heavy atom. The zero-order valence-corrected chi connectivity index (χ0v) is 14.4. The van der Waals surface area contributed by atoms with Gasteiger partial charge in [-0.05, 0) is 68.0 Å². The van der Waals surface area contributed by atoms with Gasteiger partial charge in [0.25, 0.3) is 0 Å². The van der Waals surface area contributed by atoms with Crippen molar-refractivity contribution in [2.45, 2.75) is 48.4 Å². The van der Waals surface area contributed by atoms with Crippen LogP contribution in [0.15, 0.2) is 53.4 Å². The van der Waals surface area contributed by atoms with Gasteiger partial charge in [0.2, 0.25) is 5.91 Å². The molecule has 2 aliphatic rings. The third kappa shape index (κ3) is 3.44. The molecule has 0 aromatic heterocycles. The number of carbonyl (C=O) groups is 1. The van der Waals surface area contributed by atoms with Crippen LogP contribution in [0.1, 0.15) is 31.2 Å². The summed E-state index contributed by atoms with van der Waals surface area (Å²) >= 11 is 1.65. The summed E-state index contributed by atoms with van der Waals surface area (Å²) in [7, 11) is 0. The van der Waals surface area contributed by atoms with E-state index < -0.39 is 0 Å². The van der Waals surface area contributed by atoms with Gasteiger partial charge >= 0.3 is 0 Å². The van der Waals surface area contributed by atoms with Crippen molar-refractivity contribution in [3.8, 4) is 5.75 Å². The first-order valence-corrected chi connectivity index (χ1v) is 9.48. The Labute approximate surface area is 146 Å². The minimum Gasteiger partial charge on any atom is -0.490 e. The zero-order chi connectivity index (χ0) is 16.4. The molecular weight excluding hydrogens is 318 g/mol. The largest absolute Gasteiger partial charge is 0.490 e. The SMILES string of the molecule is O=C(Nc1ccc(OC2CCCC2)cc1)[C@@H]1Cc2ccccc2S1. The fourth-order valence-corrected chi connectivity index (χ4v) is 4.56. The van der Waals surface area contributed by atoms with Crippen LogP contribution < -0.4 is 10.1 Å². The molecule has 3 nitrogen and oxygen atoms in total. The van der Waals surface area contributed by atoms with Gasteiger partial charge in [-0.25, -0.2) is 0 Å². The highest BCUT2D eigenvalue weighted by molar-refractivity contribution is 8.01. The molecule has 1 atom stereocenters. The van der Waals surface area contributed by atoms with Crippen LogP contribution in [-0.2, 0) is 11.2 Å². The molecule has 0 radical (unpaired) electrons. The molecule has 1 saturated carbocycles. The minimum absolute atomic E-state index is 0.0446. The summed E-state index contributed by atoms with van der Waals surface area (Å²) in [5.74, 6) is 0.961. The highest BCUT2D eigenvalue weighted by atomic mass is 32.2. The van der Waals surface area contributed by atoms with Crippen LogP contribution >= 0.6 is 11.8 Å². The normalized spacial score (nSPS) is 19.9. The van der Waals surface area contributed by atoms with Crippen molar-refractivity contribution in [1.29, 1.82) is 0 Å². The van der Waals surface area contributed by atoms with E-state index in [1.165, 1.54) is 23.3 Å². The van der Waals surface area contributed by atoms with Gasteiger partial charge in [-0.3, -0.25) is 4.79 Å². The van der Waals surface area contributed by atoms with Gasteiger partial charge < -0.3 is 10.1 Å². The second kappa shape index (κ2) is 6.89. The Morgan fingerprint density at radius 1 is 1.04 bits per heavy atom. The average Bonchev–Trinajstić information content (AvgIpc) is 3.25. The number of fused-ring (bicyclic) bond motifs is 1. The van der Waals surface area contributed by atoms with Crippen LogP contribution in [0.3, 0.4) is 0 Å². The van der Waals surface area contributed by atoms with Gasteiger partial charge in [0.15, 0.2) is 0 Å². The van der Waals surface area contributed by atoms with Crippen LogP contribution in [0.4, 0.5) is 5.69 Å². The summed E-state index contributed by atoms with van der Waals surface area (Å²) in [5.41, 5.74) is 2.10. The average molecular weight is 339 g/mol. The molecule has 2 aromatic rings. The second-order valence-electron chi connectivity index (χ2n) is 6.46. The summed E-state index contributed by atoms with van der Waals surface area (Å²) in [6, 6.07) is 16.0. The van der Waals surface area contributed by atoms with Crippen molar-refractivity contribution in [3.63, 3.8) is 0 Å². The first-order valence-electron chi connectivity index (χ1n) is 8.60. The molecule has 1 fully saturated rings. The lowest BCUT2D eigenvalue weighted by Crippen LogP contribution is -2.24. The maximum atomic E-state index is 12.5. The van der Waals surface area contributed by atoms with Gasteiger partial charge in [0, 0.05) is 10.6 Å². The standard InChI is InChI=1S/C20H21NO2S/c22-20(19-13-14-5-1-4-8-18(14)24-19)21-15-9-11-17(12-10-15)23-16-6-2-3-7-16/h1,4-5,8-12,16,19H,2-3,6-7,13H2,(H,21,22)/t19-/m0/s1. The third-order valence-electron chi connectivity index (χ3n) is 4.67. The summed E-state index contributed by atoms with van der Waals surface area (Å²) in [5, 5.41) is 2.98. The molecular formula is C20H21NO2S. The zero-order valence-electron chi connectivity index (χ0n) is 13.5. The van der Waals surface area contributed by atoms with Crippen molar-refractivity contribution in [2.75, 3.05) is 5.32 Å². The van der Waals surface area contributed by atoms with E-state index in [4.69, 9.17) is 4.74 Å². The van der Waals surface area contributed by atoms with Crippen molar-refractivity contribution in [1.82, 2.24) is 0 Å². The number of ether oxygens (including phenoxy) is 1. The van der Waals surface area contributed by atoms with Gasteiger partial charge in [-0.2, -0.15) is 0 Å². The Hall–Kier alpha value is -1.94. The predicted molar refractivity (Wildman–Crippen MR) is 97.7 cm³/mol. The van der Waals surface area contributed by atoms with Crippen LogP contribution in [0.5, 0.6) is 5.75 Å². The molecule has 124 valence electrons. The van der Waals surface area contributed by atoms with Crippen molar-refractivity contribution >= 4 is 23.4 Å². The number of anilines is 1. The summed E-state index contributed by atoms with van der Waals surface area (Å²) in [6.07, 6.45) is 5.99. The van der Waals surface area contributed by atoms with E-state index in [9.17, 15) is 4.79 Å². The highest BCUT2D eigenvalue weighted by Crippen LogP contribution is 2.37. The van der Waals surface area contributed by atoms with Gasteiger partial charge in [0.05, 0.1) is 11.4 Å². The van der Waals surface area contributed by atoms with Crippen LogP contribution in [-0.4, -0.2) is 17.3 Å². The fraction of sp³-hybridized carbons (Fsp3) is 0.350. The van der Waals surface area contributed by atoms with Gasteiger partial charge in [-0.1, -0.05) is 18.2 Å². The molecule has 4 rings (SSSR count). The topological polar surface area (TPSA) is 38.3 Å². The Kier molecular flexibility index (Phi) is 4.48. The molecule has 1 aliphatic carbocycles. The Morgan fingerprint density at radius 3 is 2.54 bits per heavy atom. The summed E-state index contributed by atoms with van der Waals surface area (Å²) in [4.78, 5) is 13.7. The van der Waals surface area contributed by atoms with Crippen molar-refractivity contribution in [3.05, 3.63) is 54.1 Å². The molecule has 2 aromatic carbocycles. The molecule has 0 unspecified atom stereocenters. The van der Waals surface area contributed by atoms with E-state index in [-0.39, 0.29) is 11.2 Å². The molecule has 1 N–H and O–H groups in total. The molecule has 1 heterocycles. The van der Waals surface area contributed by atoms with E-state index in [1.807, 2.05) is 36.4 Å². The Bertz CT molecular complexity index is 698. The number of rotatable bonds is 4. The first kappa shape index (κ1) is 15.6. The number of thioether (sulfide) groups is 1. The lowest BCUT2D eigenvalue weighted by atomic mass is 10.1. The number of hydrogen-bond donors (Lipinski definition) is 1. The smallest absolute Gasteiger partial charge is 0.238 e. The third-order valence-corrected chi connectivity index (χ3v) is 5.98.